The molecule has 1 aliphatic carbocycles. The average molecular weight is 440 g/mol. The summed E-state index contributed by atoms with van der Waals surface area (Å²) >= 11 is 0. The molecule has 1 aromatic carbocycles. The van der Waals surface area contributed by atoms with Gasteiger partial charge in [0.1, 0.15) is 11.5 Å². The molecule has 3 aromatic heterocycles. The number of amides is 1. The van der Waals surface area contributed by atoms with Crippen molar-refractivity contribution in [3.63, 3.8) is 0 Å². The average Bonchev–Trinajstić information content (AvgIpc) is 3.54. The van der Waals surface area contributed by atoms with E-state index in [0.29, 0.717) is 28.6 Å². The summed E-state index contributed by atoms with van der Waals surface area (Å²) in [4.78, 5) is 21.3. The quantitative estimate of drug-likeness (QED) is 0.371. The first-order valence-electron chi connectivity index (χ1n) is 10.6. The molecule has 1 saturated carbocycles. The minimum atomic E-state index is -0.424. The summed E-state index contributed by atoms with van der Waals surface area (Å²) in [5.41, 5.74) is 4.41. The van der Waals surface area contributed by atoms with Crippen molar-refractivity contribution >= 4 is 23.0 Å². The molecule has 0 aliphatic heterocycles. The highest BCUT2D eigenvalue weighted by Crippen LogP contribution is 2.34. The normalized spacial score (nSPS) is 13.5. The number of pyridine rings is 2. The number of hydrogen-bond acceptors (Lipinski definition) is 5. The van der Waals surface area contributed by atoms with Crippen LogP contribution in [0.1, 0.15) is 28.9 Å². The lowest BCUT2D eigenvalue weighted by Crippen LogP contribution is -2.15. The molecule has 3 heterocycles. The van der Waals surface area contributed by atoms with Gasteiger partial charge in [0.15, 0.2) is 0 Å². The van der Waals surface area contributed by atoms with E-state index >= 15 is 0 Å². The summed E-state index contributed by atoms with van der Waals surface area (Å²) in [7, 11) is 0. The standard InChI is InChI=1S/C25H21FN6O/c26-19-11-18(12-27-13-19)22(10-16-6-7-16)31-23-15-29-32-24(23)25(33)30-20-8-9-21(28-14-20)17-4-2-1-3-5-17/h1-5,8-16,31H,6-7H2,(H,29,32)(H,30,33)/b22-10+. The van der Waals surface area contributed by atoms with Crippen molar-refractivity contribution in [1.82, 2.24) is 20.2 Å². The fourth-order valence-electron chi connectivity index (χ4n) is 3.41. The number of rotatable bonds is 7. The van der Waals surface area contributed by atoms with Crippen LogP contribution in [0.5, 0.6) is 0 Å². The van der Waals surface area contributed by atoms with E-state index in [0.717, 1.165) is 30.3 Å². The van der Waals surface area contributed by atoms with Crippen molar-refractivity contribution in [3.05, 3.63) is 96.5 Å². The van der Waals surface area contributed by atoms with Gasteiger partial charge in [-0.1, -0.05) is 36.4 Å². The zero-order chi connectivity index (χ0) is 22.6. The van der Waals surface area contributed by atoms with Crippen LogP contribution in [0, 0.1) is 11.7 Å². The van der Waals surface area contributed by atoms with Gasteiger partial charge in [-0.05, 0) is 37.0 Å². The van der Waals surface area contributed by atoms with Crippen LogP contribution in [0.2, 0.25) is 0 Å². The van der Waals surface area contributed by atoms with Gasteiger partial charge in [0.05, 0.1) is 35.7 Å². The third-order valence-corrected chi connectivity index (χ3v) is 5.27. The number of carbonyl (C=O) groups is 1. The van der Waals surface area contributed by atoms with E-state index in [2.05, 4.69) is 30.8 Å². The van der Waals surface area contributed by atoms with Crippen LogP contribution < -0.4 is 10.6 Å². The van der Waals surface area contributed by atoms with Crippen molar-refractivity contribution in [2.45, 2.75) is 12.8 Å². The van der Waals surface area contributed by atoms with E-state index in [1.807, 2.05) is 42.5 Å². The van der Waals surface area contributed by atoms with Gasteiger partial charge in [0, 0.05) is 23.0 Å². The lowest BCUT2D eigenvalue weighted by Gasteiger charge is -2.12. The highest BCUT2D eigenvalue weighted by Gasteiger charge is 2.22. The number of hydrogen-bond donors (Lipinski definition) is 3. The second kappa shape index (κ2) is 9.04. The number of aromatic nitrogens is 4. The molecule has 164 valence electrons. The Kier molecular flexibility index (Phi) is 5.63. The number of carbonyl (C=O) groups excluding carboxylic acids is 1. The summed E-state index contributed by atoms with van der Waals surface area (Å²) < 4.78 is 13.7. The summed E-state index contributed by atoms with van der Waals surface area (Å²) in [5.74, 6) is -0.367. The maximum Gasteiger partial charge on any atom is 0.275 e. The molecule has 7 nitrogen and oxygen atoms in total. The van der Waals surface area contributed by atoms with E-state index < -0.39 is 5.82 Å². The van der Waals surface area contributed by atoms with Crippen LogP contribution in [0.3, 0.4) is 0 Å². The molecular weight excluding hydrogens is 419 g/mol. The number of aromatic amines is 1. The molecule has 1 amide bonds. The van der Waals surface area contributed by atoms with Crippen LogP contribution in [0.4, 0.5) is 15.8 Å². The predicted molar refractivity (Wildman–Crippen MR) is 125 cm³/mol. The van der Waals surface area contributed by atoms with E-state index in [1.54, 1.807) is 18.5 Å². The van der Waals surface area contributed by atoms with Gasteiger partial charge in [-0.3, -0.25) is 19.9 Å². The molecule has 8 heteroatoms. The van der Waals surface area contributed by atoms with Crippen molar-refractivity contribution in [1.29, 1.82) is 0 Å². The Bertz CT molecular complexity index is 1300. The molecular formula is C25H21FN6O. The Morgan fingerprint density at radius 2 is 1.88 bits per heavy atom. The Morgan fingerprint density at radius 3 is 2.61 bits per heavy atom. The second-order valence-corrected chi connectivity index (χ2v) is 7.85. The van der Waals surface area contributed by atoms with Crippen molar-refractivity contribution in [2.24, 2.45) is 5.92 Å². The first kappa shape index (κ1) is 20.6. The summed E-state index contributed by atoms with van der Waals surface area (Å²) in [5, 5.41) is 12.8. The van der Waals surface area contributed by atoms with Gasteiger partial charge in [-0.2, -0.15) is 5.10 Å². The smallest absolute Gasteiger partial charge is 0.275 e. The monoisotopic (exact) mass is 440 g/mol. The minimum Gasteiger partial charge on any atom is -0.352 e. The molecule has 33 heavy (non-hydrogen) atoms. The SMILES string of the molecule is O=C(Nc1ccc(-c2ccccc2)nc1)c1[nH]ncc1N/C(=C/C1CC1)c1cncc(F)c1. The first-order chi connectivity index (χ1) is 16.2. The van der Waals surface area contributed by atoms with Gasteiger partial charge >= 0.3 is 0 Å². The molecule has 0 radical (unpaired) electrons. The Labute approximate surface area is 189 Å². The number of anilines is 2. The van der Waals surface area contributed by atoms with Crippen molar-refractivity contribution < 1.29 is 9.18 Å². The topological polar surface area (TPSA) is 95.6 Å². The van der Waals surface area contributed by atoms with Gasteiger partial charge in [-0.25, -0.2) is 4.39 Å². The van der Waals surface area contributed by atoms with Gasteiger partial charge < -0.3 is 10.6 Å². The minimum absolute atomic E-state index is 0.258. The van der Waals surface area contributed by atoms with E-state index in [-0.39, 0.29) is 11.6 Å². The molecule has 5 rings (SSSR count). The molecule has 0 atom stereocenters. The van der Waals surface area contributed by atoms with Crippen LogP contribution in [-0.2, 0) is 0 Å². The number of nitrogens with one attached hydrogen (secondary N) is 3. The van der Waals surface area contributed by atoms with E-state index in [1.165, 1.54) is 12.3 Å². The molecule has 3 N–H and O–H groups in total. The lowest BCUT2D eigenvalue weighted by atomic mass is 10.1. The lowest BCUT2D eigenvalue weighted by molar-refractivity contribution is 0.102. The first-order valence-corrected chi connectivity index (χ1v) is 10.6. The number of allylic oxidation sites excluding steroid dienone is 1. The van der Waals surface area contributed by atoms with Crippen LogP contribution in [0.15, 0.2) is 79.4 Å². The summed E-state index contributed by atoms with van der Waals surface area (Å²) in [6.45, 7) is 0. The maximum atomic E-state index is 13.7. The molecule has 0 saturated heterocycles. The molecule has 1 aliphatic rings. The van der Waals surface area contributed by atoms with Crippen LogP contribution >= 0.6 is 0 Å². The Morgan fingerprint density at radius 1 is 1.03 bits per heavy atom. The van der Waals surface area contributed by atoms with E-state index in [9.17, 15) is 9.18 Å². The third kappa shape index (κ3) is 4.95. The molecule has 0 bridgehead atoms. The molecule has 4 aromatic rings. The third-order valence-electron chi connectivity index (χ3n) is 5.27. The Balaban J connectivity index is 1.33. The maximum absolute atomic E-state index is 13.7. The fraction of sp³-hybridized carbons (Fsp3) is 0.120. The number of benzene rings is 1. The number of halogens is 1. The number of H-pyrrole nitrogens is 1. The summed E-state index contributed by atoms with van der Waals surface area (Å²) in [6.07, 6.45) is 10.1. The van der Waals surface area contributed by atoms with Crippen molar-refractivity contribution in [3.8, 4) is 11.3 Å². The Hall–Kier alpha value is -4.33. The fourth-order valence-corrected chi connectivity index (χ4v) is 3.41. The zero-order valence-electron chi connectivity index (χ0n) is 17.6. The molecule has 0 spiro atoms. The largest absolute Gasteiger partial charge is 0.352 e. The van der Waals surface area contributed by atoms with Gasteiger partial charge in [-0.15, -0.1) is 0 Å². The van der Waals surface area contributed by atoms with Crippen LogP contribution in [0.25, 0.3) is 17.0 Å². The summed E-state index contributed by atoms with van der Waals surface area (Å²) in [6, 6.07) is 14.9. The highest BCUT2D eigenvalue weighted by atomic mass is 19.1. The van der Waals surface area contributed by atoms with Gasteiger partial charge in [0.2, 0.25) is 0 Å². The van der Waals surface area contributed by atoms with Gasteiger partial charge in [0.25, 0.3) is 5.91 Å². The highest BCUT2D eigenvalue weighted by molar-refractivity contribution is 6.07. The van der Waals surface area contributed by atoms with E-state index in [4.69, 9.17) is 0 Å². The number of nitrogens with zero attached hydrogens (tertiary/aromatic N) is 3. The van der Waals surface area contributed by atoms with Crippen molar-refractivity contribution in [2.75, 3.05) is 10.6 Å². The van der Waals surface area contributed by atoms with Crippen LogP contribution in [-0.4, -0.2) is 26.1 Å². The predicted octanol–water partition coefficient (Wildman–Crippen LogP) is 5.12. The molecule has 1 fully saturated rings. The molecule has 0 unspecified atom stereocenters. The second-order valence-electron chi connectivity index (χ2n) is 7.85. The zero-order valence-corrected chi connectivity index (χ0v) is 17.6.